The molecule has 1 aromatic carbocycles. The number of aromatic carboxylic acids is 1. The van der Waals surface area contributed by atoms with Crippen LogP contribution >= 0.6 is 0 Å². The molecule has 0 saturated heterocycles. The number of nitrogens with zero attached hydrogens (tertiary/aromatic N) is 2. The van der Waals surface area contributed by atoms with Gasteiger partial charge in [-0.25, -0.2) is 13.6 Å². The van der Waals surface area contributed by atoms with Crippen molar-refractivity contribution in [3.8, 4) is 0 Å². The predicted octanol–water partition coefficient (Wildman–Crippen LogP) is 3.33. The SMILES string of the molecule is Cn1cc(C(=O)Nc2cccc(C(=O)O)c2C(F)(F)F)c(C(F)F)n1. The number of amides is 1. The highest BCUT2D eigenvalue weighted by molar-refractivity contribution is 6.06. The van der Waals surface area contributed by atoms with E-state index in [4.69, 9.17) is 5.11 Å². The number of nitrogens with one attached hydrogen (secondary N) is 1. The van der Waals surface area contributed by atoms with Crippen LogP contribution < -0.4 is 5.32 Å². The summed E-state index contributed by atoms with van der Waals surface area (Å²) in [6, 6.07) is 2.53. The van der Waals surface area contributed by atoms with Crippen LogP contribution in [-0.2, 0) is 13.2 Å². The molecule has 25 heavy (non-hydrogen) atoms. The molecule has 11 heteroatoms. The topological polar surface area (TPSA) is 84.2 Å². The van der Waals surface area contributed by atoms with E-state index in [0.717, 1.165) is 29.1 Å². The van der Waals surface area contributed by atoms with Crippen LogP contribution in [0.5, 0.6) is 0 Å². The van der Waals surface area contributed by atoms with Crippen LogP contribution in [0.3, 0.4) is 0 Å². The van der Waals surface area contributed by atoms with E-state index in [1.54, 1.807) is 0 Å². The van der Waals surface area contributed by atoms with Crippen molar-refractivity contribution in [3.05, 3.63) is 46.8 Å². The molecule has 0 aliphatic rings. The van der Waals surface area contributed by atoms with Crippen molar-refractivity contribution < 1.29 is 36.6 Å². The molecule has 0 spiro atoms. The quantitative estimate of drug-likeness (QED) is 0.816. The molecular formula is C14H10F5N3O3. The van der Waals surface area contributed by atoms with Gasteiger partial charge in [0.1, 0.15) is 5.69 Å². The Balaban J connectivity index is 2.49. The van der Waals surface area contributed by atoms with E-state index in [0.29, 0.717) is 0 Å². The number of carboxylic acid groups (broad SMARTS) is 1. The van der Waals surface area contributed by atoms with Crippen molar-refractivity contribution in [3.63, 3.8) is 0 Å². The lowest BCUT2D eigenvalue weighted by Gasteiger charge is -2.16. The lowest BCUT2D eigenvalue weighted by atomic mass is 10.0. The first-order chi connectivity index (χ1) is 11.5. The number of carbonyl (C=O) groups excluding carboxylic acids is 1. The van der Waals surface area contributed by atoms with Crippen LogP contribution in [0.15, 0.2) is 24.4 Å². The zero-order chi connectivity index (χ0) is 18.9. The van der Waals surface area contributed by atoms with Crippen LogP contribution in [0.1, 0.15) is 38.4 Å². The summed E-state index contributed by atoms with van der Waals surface area (Å²) in [4.78, 5) is 23.1. The Bertz CT molecular complexity index is 830. The number of rotatable bonds is 4. The number of aromatic nitrogens is 2. The zero-order valence-corrected chi connectivity index (χ0v) is 12.4. The fourth-order valence-corrected chi connectivity index (χ4v) is 2.17. The maximum atomic E-state index is 13.2. The number of alkyl halides is 5. The second-order valence-electron chi connectivity index (χ2n) is 4.89. The van der Waals surface area contributed by atoms with Gasteiger partial charge in [0.15, 0.2) is 0 Å². The fourth-order valence-electron chi connectivity index (χ4n) is 2.17. The van der Waals surface area contributed by atoms with E-state index < -0.39 is 52.5 Å². The monoisotopic (exact) mass is 363 g/mol. The summed E-state index contributed by atoms with van der Waals surface area (Å²) in [7, 11) is 1.26. The zero-order valence-electron chi connectivity index (χ0n) is 12.4. The Labute approximate surface area is 136 Å². The summed E-state index contributed by atoms with van der Waals surface area (Å²) in [6.45, 7) is 0. The van der Waals surface area contributed by atoms with Crippen molar-refractivity contribution in [2.45, 2.75) is 12.6 Å². The summed E-state index contributed by atoms with van der Waals surface area (Å²) in [5.41, 5.74) is -5.04. The minimum atomic E-state index is -5.09. The summed E-state index contributed by atoms with van der Waals surface area (Å²) in [5, 5.41) is 14.1. The van der Waals surface area contributed by atoms with Crippen molar-refractivity contribution in [1.82, 2.24) is 9.78 Å². The molecular weight excluding hydrogens is 353 g/mol. The number of benzene rings is 1. The second kappa shape index (κ2) is 6.49. The van der Waals surface area contributed by atoms with Gasteiger partial charge < -0.3 is 10.4 Å². The molecule has 0 aliphatic heterocycles. The van der Waals surface area contributed by atoms with Crippen LogP contribution in [0.4, 0.5) is 27.6 Å². The first-order valence-electron chi connectivity index (χ1n) is 6.59. The minimum Gasteiger partial charge on any atom is -0.478 e. The Morgan fingerprint density at radius 2 is 1.88 bits per heavy atom. The highest BCUT2D eigenvalue weighted by atomic mass is 19.4. The molecule has 1 amide bonds. The van der Waals surface area contributed by atoms with Crippen molar-refractivity contribution in [1.29, 1.82) is 0 Å². The smallest absolute Gasteiger partial charge is 0.419 e. The number of carboxylic acids is 1. The standard InChI is InChI=1S/C14H10F5N3O3/c1-22-5-7(10(21-22)11(15)16)12(23)20-8-4-2-3-6(13(24)25)9(8)14(17,18)19/h2-5,11H,1H3,(H,20,23)(H,24,25). The normalized spacial score (nSPS) is 11.6. The minimum absolute atomic E-state index is 0.619. The van der Waals surface area contributed by atoms with E-state index in [9.17, 15) is 31.5 Å². The van der Waals surface area contributed by atoms with Gasteiger partial charge in [0.25, 0.3) is 12.3 Å². The average molecular weight is 363 g/mol. The van der Waals surface area contributed by atoms with E-state index in [2.05, 4.69) is 5.10 Å². The van der Waals surface area contributed by atoms with Crippen molar-refractivity contribution >= 4 is 17.6 Å². The highest BCUT2D eigenvalue weighted by Gasteiger charge is 2.38. The Hall–Kier alpha value is -2.98. The van der Waals surface area contributed by atoms with Gasteiger partial charge in [0.2, 0.25) is 0 Å². The third-order valence-electron chi connectivity index (χ3n) is 3.14. The molecule has 0 bridgehead atoms. The van der Waals surface area contributed by atoms with Gasteiger partial charge in [0.05, 0.1) is 22.4 Å². The van der Waals surface area contributed by atoms with E-state index in [1.165, 1.54) is 7.05 Å². The molecule has 2 rings (SSSR count). The summed E-state index contributed by atoms with van der Waals surface area (Å²) in [5.74, 6) is -3.12. The van der Waals surface area contributed by atoms with Gasteiger partial charge >= 0.3 is 12.1 Å². The van der Waals surface area contributed by atoms with Gasteiger partial charge in [-0.15, -0.1) is 0 Å². The molecule has 1 heterocycles. The number of anilines is 1. The molecule has 0 unspecified atom stereocenters. The number of aryl methyl sites for hydroxylation is 1. The van der Waals surface area contributed by atoms with E-state index in [-0.39, 0.29) is 0 Å². The van der Waals surface area contributed by atoms with Crippen LogP contribution in [0.25, 0.3) is 0 Å². The van der Waals surface area contributed by atoms with Gasteiger partial charge in [-0.05, 0) is 12.1 Å². The Kier molecular flexibility index (Phi) is 4.77. The molecule has 0 saturated carbocycles. The Morgan fingerprint density at radius 1 is 1.24 bits per heavy atom. The van der Waals surface area contributed by atoms with Crippen LogP contribution in [-0.4, -0.2) is 26.8 Å². The van der Waals surface area contributed by atoms with Crippen LogP contribution in [0.2, 0.25) is 0 Å². The molecule has 2 aromatic rings. The Morgan fingerprint density at radius 3 is 2.40 bits per heavy atom. The molecule has 1 aromatic heterocycles. The van der Waals surface area contributed by atoms with Crippen LogP contribution in [0, 0.1) is 0 Å². The number of hydrogen-bond acceptors (Lipinski definition) is 3. The average Bonchev–Trinajstić information content (AvgIpc) is 2.88. The number of hydrogen-bond donors (Lipinski definition) is 2. The summed E-state index contributed by atoms with van der Waals surface area (Å²) >= 11 is 0. The maximum absolute atomic E-state index is 13.2. The highest BCUT2D eigenvalue weighted by Crippen LogP contribution is 2.38. The predicted molar refractivity (Wildman–Crippen MR) is 74.5 cm³/mol. The van der Waals surface area contributed by atoms with Crippen molar-refractivity contribution in [2.75, 3.05) is 5.32 Å². The molecule has 0 atom stereocenters. The molecule has 0 radical (unpaired) electrons. The summed E-state index contributed by atoms with van der Waals surface area (Å²) in [6.07, 6.45) is -7.28. The maximum Gasteiger partial charge on any atom is 0.419 e. The third-order valence-corrected chi connectivity index (χ3v) is 3.14. The van der Waals surface area contributed by atoms with E-state index in [1.807, 2.05) is 5.32 Å². The molecule has 6 nitrogen and oxygen atoms in total. The largest absolute Gasteiger partial charge is 0.478 e. The van der Waals surface area contributed by atoms with Gasteiger partial charge in [0, 0.05) is 13.2 Å². The fraction of sp³-hybridized carbons (Fsp3) is 0.214. The molecule has 0 fully saturated rings. The molecule has 134 valence electrons. The van der Waals surface area contributed by atoms with E-state index >= 15 is 0 Å². The van der Waals surface area contributed by atoms with Gasteiger partial charge in [-0.2, -0.15) is 18.3 Å². The van der Waals surface area contributed by atoms with Gasteiger partial charge in [-0.1, -0.05) is 6.07 Å². The lowest BCUT2D eigenvalue weighted by molar-refractivity contribution is -0.137. The second-order valence-corrected chi connectivity index (χ2v) is 4.89. The number of halogens is 5. The molecule has 0 aliphatic carbocycles. The first kappa shape index (κ1) is 18.4. The van der Waals surface area contributed by atoms with Crippen molar-refractivity contribution in [2.24, 2.45) is 7.05 Å². The lowest BCUT2D eigenvalue weighted by Crippen LogP contribution is -2.20. The number of carbonyl (C=O) groups is 2. The molecule has 2 N–H and O–H groups in total. The first-order valence-corrected chi connectivity index (χ1v) is 6.59. The summed E-state index contributed by atoms with van der Waals surface area (Å²) < 4.78 is 66.2. The third kappa shape index (κ3) is 3.75. The van der Waals surface area contributed by atoms with Gasteiger partial charge in [-0.3, -0.25) is 9.48 Å².